The molecule has 0 aromatic carbocycles. The van der Waals surface area contributed by atoms with Gasteiger partial charge in [-0.25, -0.2) is 0 Å². The van der Waals surface area contributed by atoms with Crippen LogP contribution in [0.5, 0.6) is 0 Å². The van der Waals surface area contributed by atoms with Crippen molar-refractivity contribution in [3.05, 3.63) is 0 Å². The van der Waals surface area contributed by atoms with Crippen molar-refractivity contribution in [3.63, 3.8) is 0 Å². The average molecular weight is 220 g/mol. The van der Waals surface area contributed by atoms with Crippen molar-refractivity contribution in [2.45, 2.75) is 12.6 Å². The molecule has 5 heteroatoms. The first-order valence-electron chi connectivity index (χ1n) is 4.96. The van der Waals surface area contributed by atoms with Crippen LogP contribution in [-0.2, 0) is 18.3 Å². The molecule has 0 spiro atoms. The fraction of sp³-hybridized carbons (Fsp3) is 1.00. The van der Waals surface area contributed by atoms with Gasteiger partial charge in [-0.2, -0.15) is 0 Å². The van der Waals surface area contributed by atoms with E-state index in [2.05, 4.69) is 0 Å². The van der Waals surface area contributed by atoms with E-state index in [9.17, 15) is 0 Å². The van der Waals surface area contributed by atoms with Gasteiger partial charge >= 0.3 is 8.56 Å². The zero-order valence-corrected chi connectivity index (χ0v) is 10.2. The summed E-state index contributed by atoms with van der Waals surface area (Å²) in [6, 6.07) is 0.883. The summed E-state index contributed by atoms with van der Waals surface area (Å²) >= 11 is 0. The fourth-order valence-corrected chi connectivity index (χ4v) is 2.27. The first kappa shape index (κ1) is 12.1. The molecule has 1 saturated heterocycles. The van der Waals surface area contributed by atoms with Crippen molar-refractivity contribution in [1.82, 2.24) is 0 Å². The van der Waals surface area contributed by atoms with Crippen LogP contribution >= 0.6 is 0 Å². The van der Waals surface area contributed by atoms with Crippen LogP contribution in [0, 0.1) is 5.92 Å². The summed E-state index contributed by atoms with van der Waals surface area (Å²) in [4.78, 5) is 0. The molecule has 1 heterocycles. The van der Waals surface area contributed by atoms with E-state index in [4.69, 9.17) is 18.3 Å². The summed E-state index contributed by atoms with van der Waals surface area (Å²) in [6.45, 7) is 5.27. The van der Waals surface area contributed by atoms with Gasteiger partial charge in [0.25, 0.3) is 0 Å². The Bertz CT molecular complexity index is 157. The first-order valence-corrected chi connectivity index (χ1v) is 7.48. The van der Waals surface area contributed by atoms with Crippen LogP contribution in [0.15, 0.2) is 0 Å². The molecule has 0 bridgehead atoms. The summed E-state index contributed by atoms with van der Waals surface area (Å²) in [6.07, 6.45) is 0. The van der Waals surface area contributed by atoms with Crippen molar-refractivity contribution in [1.29, 1.82) is 0 Å². The van der Waals surface area contributed by atoms with Gasteiger partial charge in [0.1, 0.15) is 0 Å². The Hall–Kier alpha value is 0.0569. The SMILES string of the molecule is CO[Si](C)(CCOCC1COC1)OC. The highest BCUT2D eigenvalue weighted by Crippen LogP contribution is 2.13. The summed E-state index contributed by atoms with van der Waals surface area (Å²) in [7, 11) is 1.49. The Morgan fingerprint density at radius 3 is 2.36 bits per heavy atom. The number of rotatable bonds is 7. The molecule has 0 unspecified atom stereocenters. The third-order valence-electron chi connectivity index (χ3n) is 2.62. The molecule has 14 heavy (non-hydrogen) atoms. The minimum Gasteiger partial charge on any atom is -0.398 e. The van der Waals surface area contributed by atoms with Gasteiger partial charge in [-0.15, -0.1) is 0 Å². The lowest BCUT2D eigenvalue weighted by Crippen LogP contribution is -2.38. The Kier molecular flexibility index (Phi) is 5.04. The van der Waals surface area contributed by atoms with Crippen molar-refractivity contribution < 1.29 is 18.3 Å². The van der Waals surface area contributed by atoms with Gasteiger partial charge in [0.05, 0.1) is 19.8 Å². The minimum atomic E-state index is -1.92. The molecule has 0 amide bonds. The lowest BCUT2D eigenvalue weighted by Gasteiger charge is -2.26. The Morgan fingerprint density at radius 1 is 1.29 bits per heavy atom. The van der Waals surface area contributed by atoms with Crippen molar-refractivity contribution in [2.24, 2.45) is 5.92 Å². The van der Waals surface area contributed by atoms with Crippen LogP contribution in [0.2, 0.25) is 12.6 Å². The van der Waals surface area contributed by atoms with Crippen LogP contribution < -0.4 is 0 Å². The molecule has 0 saturated carbocycles. The topological polar surface area (TPSA) is 36.9 Å². The van der Waals surface area contributed by atoms with E-state index >= 15 is 0 Å². The smallest absolute Gasteiger partial charge is 0.336 e. The van der Waals surface area contributed by atoms with E-state index in [-0.39, 0.29) is 0 Å². The first-order chi connectivity index (χ1) is 6.70. The van der Waals surface area contributed by atoms with Crippen LogP contribution in [-0.4, -0.2) is 49.2 Å². The van der Waals surface area contributed by atoms with E-state index in [1.54, 1.807) is 14.2 Å². The average Bonchev–Trinajstić information content (AvgIpc) is 2.14. The Balaban J connectivity index is 2.01. The van der Waals surface area contributed by atoms with Gasteiger partial charge in [-0.3, -0.25) is 0 Å². The van der Waals surface area contributed by atoms with Gasteiger partial charge in [0, 0.05) is 32.8 Å². The molecule has 0 radical (unpaired) electrons. The third kappa shape index (κ3) is 3.66. The molecule has 0 N–H and O–H groups in total. The fourth-order valence-electron chi connectivity index (χ4n) is 1.18. The molecule has 84 valence electrons. The molecule has 0 aliphatic carbocycles. The highest BCUT2D eigenvalue weighted by atomic mass is 28.4. The molecular weight excluding hydrogens is 200 g/mol. The quantitative estimate of drug-likeness (QED) is 0.474. The van der Waals surface area contributed by atoms with E-state index in [1.165, 1.54) is 0 Å². The van der Waals surface area contributed by atoms with Gasteiger partial charge < -0.3 is 18.3 Å². The molecule has 1 rings (SSSR count). The minimum absolute atomic E-state index is 0.605. The van der Waals surface area contributed by atoms with Gasteiger partial charge in [0.2, 0.25) is 0 Å². The Morgan fingerprint density at radius 2 is 1.93 bits per heavy atom. The summed E-state index contributed by atoms with van der Waals surface area (Å²) in [5.74, 6) is 0.605. The summed E-state index contributed by atoms with van der Waals surface area (Å²) in [5, 5.41) is 0. The largest absolute Gasteiger partial charge is 0.398 e. The monoisotopic (exact) mass is 220 g/mol. The zero-order chi connectivity index (χ0) is 10.4. The maximum absolute atomic E-state index is 5.53. The lowest BCUT2D eigenvalue weighted by molar-refractivity contribution is -0.0703. The van der Waals surface area contributed by atoms with E-state index in [0.29, 0.717) is 5.92 Å². The summed E-state index contributed by atoms with van der Waals surface area (Å²) in [5.41, 5.74) is 0. The number of ether oxygens (including phenoxy) is 2. The highest BCUT2D eigenvalue weighted by molar-refractivity contribution is 6.65. The maximum atomic E-state index is 5.53. The van der Waals surface area contributed by atoms with Gasteiger partial charge in [-0.05, 0) is 6.55 Å². The number of hydrogen-bond acceptors (Lipinski definition) is 4. The highest BCUT2D eigenvalue weighted by Gasteiger charge is 2.28. The molecule has 1 aliphatic rings. The van der Waals surface area contributed by atoms with E-state index < -0.39 is 8.56 Å². The molecule has 1 aliphatic heterocycles. The number of hydrogen-bond donors (Lipinski definition) is 0. The van der Waals surface area contributed by atoms with Crippen molar-refractivity contribution in [3.8, 4) is 0 Å². The van der Waals surface area contributed by atoms with Crippen LogP contribution in [0.1, 0.15) is 0 Å². The van der Waals surface area contributed by atoms with Crippen LogP contribution in [0.3, 0.4) is 0 Å². The zero-order valence-electron chi connectivity index (χ0n) is 9.25. The van der Waals surface area contributed by atoms with Crippen molar-refractivity contribution >= 4 is 8.56 Å². The Labute approximate surface area is 86.7 Å². The predicted molar refractivity (Wildman–Crippen MR) is 55.6 cm³/mol. The molecule has 0 aromatic rings. The second kappa shape index (κ2) is 5.82. The van der Waals surface area contributed by atoms with Crippen molar-refractivity contribution in [2.75, 3.05) is 40.6 Å². The predicted octanol–water partition coefficient (Wildman–Crippen LogP) is 1.01. The molecule has 1 fully saturated rings. The van der Waals surface area contributed by atoms with Crippen LogP contribution in [0.4, 0.5) is 0 Å². The maximum Gasteiger partial charge on any atom is 0.336 e. The second-order valence-electron chi connectivity index (χ2n) is 3.77. The summed E-state index contributed by atoms with van der Waals surface area (Å²) < 4.78 is 21.3. The van der Waals surface area contributed by atoms with Gasteiger partial charge in [-0.1, -0.05) is 0 Å². The van der Waals surface area contributed by atoms with Crippen LogP contribution in [0.25, 0.3) is 0 Å². The molecular formula is C9H20O4Si. The normalized spacial score (nSPS) is 18.2. The lowest BCUT2D eigenvalue weighted by atomic mass is 10.1. The second-order valence-corrected chi connectivity index (χ2v) is 7.35. The molecule has 0 aromatic heterocycles. The van der Waals surface area contributed by atoms with E-state index in [0.717, 1.165) is 32.5 Å². The molecule has 4 nitrogen and oxygen atoms in total. The standard InChI is InChI=1S/C9H20O4Si/c1-10-14(3,11-2)5-4-12-6-9-7-13-8-9/h9H,4-8H2,1-3H3. The third-order valence-corrected chi connectivity index (χ3v) is 5.46. The molecule has 0 atom stereocenters. The van der Waals surface area contributed by atoms with E-state index in [1.807, 2.05) is 6.55 Å². The van der Waals surface area contributed by atoms with Gasteiger partial charge in [0.15, 0.2) is 0 Å².